The molecule has 0 atom stereocenters. The molecule has 30 heavy (non-hydrogen) atoms. The van der Waals surface area contributed by atoms with Crippen LogP contribution in [0.3, 0.4) is 0 Å². The van der Waals surface area contributed by atoms with Gasteiger partial charge in [-0.05, 0) is 48.6 Å². The third-order valence-electron chi connectivity index (χ3n) is 6.17. The number of ether oxygens (including phenoxy) is 1. The minimum Gasteiger partial charge on any atom is -0.381 e. The average Bonchev–Trinajstić information content (AvgIpc) is 3.15. The van der Waals surface area contributed by atoms with Crippen LogP contribution in [0, 0.1) is 0 Å². The molecule has 1 amide bonds. The van der Waals surface area contributed by atoms with Crippen molar-refractivity contribution in [3.63, 3.8) is 0 Å². The second-order valence-corrected chi connectivity index (χ2v) is 9.60. The van der Waals surface area contributed by atoms with E-state index in [2.05, 4.69) is 17.4 Å². The number of amides is 1. The van der Waals surface area contributed by atoms with Gasteiger partial charge in [0.2, 0.25) is 15.9 Å². The molecule has 7 nitrogen and oxygen atoms in total. The fourth-order valence-electron chi connectivity index (χ4n) is 4.41. The quantitative estimate of drug-likeness (QED) is 0.726. The second-order valence-electron chi connectivity index (χ2n) is 8.04. The van der Waals surface area contributed by atoms with Crippen molar-refractivity contribution in [2.45, 2.75) is 29.6 Å². The van der Waals surface area contributed by atoms with E-state index in [0.29, 0.717) is 32.7 Å². The molecule has 4 rings (SSSR count). The highest BCUT2D eigenvalue weighted by molar-refractivity contribution is 7.89. The van der Waals surface area contributed by atoms with E-state index in [1.807, 2.05) is 23.1 Å². The number of primary sulfonamides is 1. The van der Waals surface area contributed by atoms with E-state index in [1.54, 1.807) is 12.1 Å². The van der Waals surface area contributed by atoms with Crippen molar-refractivity contribution in [1.82, 2.24) is 5.32 Å². The number of fused-ring (bicyclic) bond motifs is 1. The van der Waals surface area contributed by atoms with E-state index in [0.717, 1.165) is 24.1 Å². The number of benzene rings is 2. The first kappa shape index (κ1) is 20.8. The van der Waals surface area contributed by atoms with Crippen LogP contribution in [0.1, 0.15) is 24.0 Å². The molecule has 0 radical (unpaired) electrons. The molecule has 2 aliphatic heterocycles. The number of hydrogen-bond acceptors (Lipinski definition) is 5. The van der Waals surface area contributed by atoms with Gasteiger partial charge in [0.05, 0.1) is 11.4 Å². The Morgan fingerprint density at radius 1 is 1.13 bits per heavy atom. The van der Waals surface area contributed by atoms with Gasteiger partial charge in [0, 0.05) is 37.4 Å². The number of carbonyl (C=O) groups is 1. The van der Waals surface area contributed by atoms with E-state index >= 15 is 0 Å². The summed E-state index contributed by atoms with van der Waals surface area (Å²) in [4.78, 5) is 14.8. The van der Waals surface area contributed by atoms with Crippen LogP contribution in [0.2, 0.25) is 0 Å². The van der Waals surface area contributed by atoms with Gasteiger partial charge in [-0.15, -0.1) is 0 Å². The molecule has 2 heterocycles. The molecule has 2 aliphatic rings. The average molecular weight is 430 g/mol. The molecular formula is C22H27N3O4S. The van der Waals surface area contributed by atoms with Crippen LogP contribution in [-0.2, 0) is 31.4 Å². The topological polar surface area (TPSA) is 102 Å². The van der Waals surface area contributed by atoms with E-state index in [9.17, 15) is 13.2 Å². The Hall–Kier alpha value is -2.42. The molecule has 1 fully saturated rings. The van der Waals surface area contributed by atoms with Crippen LogP contribution in [0.15, 0.2) is 53.4 Å². The molecule has 0 saturated carbocycles. The van der Waals surface area contributed by atoms with Crippen molar-refractivity contribution in [2.75, 3.05) is 37.7 Å². The number of sulfonamides is 1. The molecule has 2 aromatic carbocycles. The summed E-state index contributed by atoms with van der Waals surface area (Å²) >= 11 is 0. The maximum atomic E-state index is 12.8. The Morgan fingerprint density at radius 3 is 2.57 bits per heavy atom. The molecule has 2 aromatic rings. The van der Waals surface area contributed by atoms with Gasteiger partial charge in [0.25, 0.3) is 0 Å². The van der Waals surface area contributed by atoms with Crippen molar-refractivity contribution < 1.29 is 17.9 Å². The van der Waals surface area contributed by atoms with E-state index in [4.69, 9.17) is 9.88 Å². The van der Waals surface area contributed by atoms with Crippen molar-refractivity contribution in [2.24, 2.45) is 5.14 Å². The number of nitrogens with zero attached hydrogens (tertiary/aromatic N) is 1. The lowest BCUT2D eigenvalue weighted by atomic mass is 9.74. The number of carbonyl (C=O) groups excluding carboxylic acids is 1. The highest BCUT2D eigenvalue weighted by atomic mass is 32.2. The fourth-order valence-corrected chi connectivity index (χ4v) is 4.97. The Balaban J connectivity index is 1.42. The van der Waals surface area contributed by atoms with Crippen LogP contribution in [-0.4, -0.2) is 47.2 Å². The Bertz CT molecular complexity index is 1020. The van der Waals surface area contributed by atoms with Crippen LogP contribution >= 0.6 is 0 Å². The zero-order valence-electron chi connectivity index (χ0n) is 16.8. The van der Waals surface area contributed by atoms with Gasteiger partial charge in [-0.3, -0.25) is 4.79 Å². The second kappa shape index (κ2) is 8.37. The summed E-state index contributed by atoms with van der Waals surface area (Å²) in [5, 5.41) is 8.36. The normalized spacial score (nSPS) is 18.1. The van der Waals surface area contributed by atoms with Gasteiger partial charge in [0.1, 0.15) is 0 Å². The summed E-state index contributed by atoms with van der Waals surface area (Å²) in [6, 6.07) is 15.2. The summed E-state index contributed by atoms with van der Waals surface area (Å²) in [7, 11) is -3.73. The minimum absolute atomic E-state index is 0.0415. The van der Waals surface area contributed by atoms with Crippen LogP contribution in [0.5, 0.6) is 0 Å². The van der Waals surface area contributed by atoms with E-state index in [-0.39, 0.29) is 22.8 Å². The lowest BCUT2D eigenvalue weighted by Gasteiger charge is -2.38. The van der Waals surface area contributed by atoms with Gasteiger partial charge in [-0.1, -0.05) is 30.3 Å². The molecule has 0 bridgehead atoms. The number of nitrogens with two attached hydrogens (primary N) is 1. The first-order valence-corrected chi connectivity index (χ1v) is 11.7. The maximum absolute atomic E-state index is 12.8. The van der Waals surface area contributed by atoms with Gasteiger partial charge in [-0.25, -0.2) is 13.6 Å². The number of nitrogens with one attached hydrogen (secondary N) is 1. The third kappa shape index (κ3) is 4.35. The highest BCUT2D eigenvalue weighted by Crippen LogP contribution is 2.34. The number of hydrogen-bond donors (Lipinski definition) is 2. The number of rotatable bonds is 6. The largest absolute Gasteiger partial charge is 0.381 e. The maximum Gasteiger partial charge on any atom is 0.239 e. The molecule has 0 spiro atoms. The molecule has 0 unspecified atom stereocenters. The highest BCUT2D eigenvalue weighted by Gasteiger charge is 2.35. The summed E-state index contributed by atoms with van der Waals surface area (Å²) in [6.07, 6.45) is 2.44. The summed E-state index contributed by atoms with van der Waals surface area (Å²) in [5.41, 5.74) is 2.92. The van der Waals surface area contributed by atoms with E-state index < -0.39 is 10.0 Å². The molecular weight excluding hydrogens is 402 g/mol. The van der Waals surface area contributed by atoms with Crippen LogP contribution in [0.25, 0.3) is 0 Å². The minimum atomic E-state index is -3.73. The van der Waals surface area contributed by atoms with Gasteiger partial charge in [-0.2, -0.15) is 0 Å². The molecule has 0 aliphatic carbocycles. The molecule has 1 saturated heterocycles. The first-order valence-electron chi connectivity index (χ1n) is 10.2. The molecule has 8 heteroatoms. The molecule has 160 valence electrons. The summed E-state index contributed by atoms with van der Waals surface area (Å²) in [6.45, 7) is 2.87. The Morgan fingerprint density at radius 2 is 1.87 bits per heavy atom. The SMILES string of the molecule is NS(=O)(=O)c1ccc2c(c1)CCN2CC(=O)NCC1(c2ccccc2)CCOCC1. The lowest BCUT2D eigenvalue weighted by molar-refractivity contribution is -0.120. The van der Waals surface area contributed by atoms with Crippen LogP contribution < -0.4 is 15.4 Å². The molecule has 3 N–H and O–H groups in total. The summed E-state index contributed by atoms with van der Waals surface area (Å²) in [5.74, 6) is -0.0415. The van der Waals surface area contributed by atoms with Gasteiger partial charge in [0.15, 0.2) is 0 Å². The Labute approximate surface area is 177 Å². The van der Waals surface area contributed by atoms with E-state index in [1.165, 1.54) is 11.6 Å². The zero-order chi connectivity index (χ0) is 21.2. The van der Waals surface area contributed by atoms with Crippen molar-refractivity contribution in [3.05, 3.63) is 59.7 Å². The smallest absolute Gasteiger partial charge is 0.239 e. The van der Waals surface area contributed by atoms with Crippen molar-refractivity contribution in [1.29, 1.82) is 0 Å². The fraction of sp³-hybridized carbons (Fsp3) is 0.409. The molecule has 0 aromatic heterocycles. The van der Waals surface area contributed by atoms with Crippen LogP contribution in [0.4, 0.5) is 5.69 Å². The van der Waals surface area contributed by atoms with Crippen molar-refractivity contribution in [3.8, 4) is 0 Å². The lowest BCUT2D eigenvalue weighted by Crippen LogP contribution is -2.47. The predicted octanol–water partition coefficient (Wildman–Crippen LogP) is 1.56. The Kier molecular flexibility index (Phi) is 5.81. The first-order chi connectivity index (χ1) is 14.4. The van der Waals surface area contributed by atoms with Gasteiger partial charge >= 0.3 is 0 Å². The standard InChI is InChI=1S/C22H27N3O4S/c23-30(27,28)19-6-7-20-17(14-19)8-11-25(20)15-21(26)24-16-22(9-12-29-13-10-22)18-4-2-1-3-5-18/h1-7,14H,8-13,15-16H2,(H,24,26)(H2,23,27,28). The number of anilines is 1. The monoisotopic (exact) mass is 429 g/mol. The zero-order valence-corrected chi connectivity index (χ0v) is 17.7. The van der Waals surface area contributed by atoms with Crippen molar-refractivity contribution >= 4 is 21.6 Å². The summed E-state index contributed by atoms with van der Waals surface area (Å²) < 4.78 is 28.7. The predicted molar refractivity (Wildman–Crippen MR) is 115 cm³/mol. The third-order valence-corrected chi connectivity index (χ3v) is 7.08. The van der Waals surface area contributed by atoms with Gasteiger partial charge < -0.3 is 15.0 Å².